The number of ether oxygens (including phenoxy) is 2. The Morgan fingerprint density at radius 3 is 1.26 bits per heavy atom. The number of nitriles is 2. The number of fused-ring (bicyclic) bond motifs is 6. The van der Waals surface area contributed by atoms with E-state index >= 15 is 0 Å². The molecule has 0 bridgehead atoms. The van der Waals surface area contributed by atoms with E-state index in [0.29, 0.717) is 11.1 Å². The molecule has 552 valence electrons. The number of methoxy groups -OCH3 is 2. The number of carbonyl (C=O) groups is 2. The van der Waals surface area contributed by atoms with Gasteiger partial charge in [0, 0.05) is 106 Å². The summed E-state index contributed by atoms with van der Waals surface area (Å²) < 4.78 is 13.0. The summed E-state index contributed by atoms with van der Waals surface area (Å²) in [6.45, 7) is 18.8. The average molecular weight is 1580 g/mol. The summed E-state index contributed by atoms with van der Waals surface area (Å²) in [6.07, 6.45) is 5.05. The average Bonchev–Trinajstić information content (AvgIpc) is 1.57. The molecule has 2 aliphatic carbocycles. The molecule has 16 heteroatoms. The van der Waals surface area contributed by atoms with Crippen molar-refractivity contribution in [2.24, 2.45) is 0 Å². The Morgan fingerprint density at radius 1 is 0.374 bits per heavy atom. The van der Waals surface area contributed by atoms with E-state index in [0.717, 1.165) is 123 Å². The molecule has 2 aliphatic rings. The highest BCUT2D eigenvalue weighted by Gasteiger charge is 2.37. The lowest BCUT2D eigenvalue weighted by Crippen LogP contribution is -2.16. The zero-order chi connectivity index (χ0) is 79.1. The van der Waals surface area contributed by atoms with Crippen molar-refractivity contribution < 1.29 is 19.1 Å². The summed E-state index contributed by atoms with van der Waals surface area (Å²) in [4.78, 5) is 46.9. The Morgan fingerprint density at radius 2 is 0.765 bits per heavy atom. The molecule has 5 heterocycles. The SMILES string of the molecule is O=C1C(=Cc2cc3sc(N(c4ccccc4)c4ccccc4)cc3s2)C(=O)c2cc3ccccc3cc21.[C-]#[N+]/C(C#N)=C\c1ccc(-c2ccc(-c3ccc(N(c4ccc(OC)cc4)c4ccc(OC)cc4)cc3)s2)s1.[C-]#[N+]/C(C#N)=C\c1ccc(-c2ccc3c(c2)C(C)(C)c2cc(N(c4ccccc4)c4ccccc4)ccc2-3)s1. The first kappa shape index (κ1) is 75.0. The molecule has 0 spiro atoms. The van der Waals surface area contributed by atoms with Crippen molar-refractivity contribution in [2.75, 3.05) is 28.9 Å². The summed E-state index contributed by atoms with van der Waals surface area (Å²) in [7, 11) is 3.33. The lowest BCUT2D eigenvalue weighted by Gasteiger charge is -2.28. The minimum atomic E-state index is -0.192. The maximum Gasteiger partial charge on any atom is 0.263 e. The summed E-state index contributed by atoms with van der Waals surface area (Å²) in [5.41, 5.74) is 17.4. The first-order valence-corrected chi connectivity index (χ1v) is 40.8. The van der Waals surface area contributed by atoms with Gasteiger partial charge in [-0.15, -0.1) is 56.7 Å². The second-order valence-electron chi connectivity index (χ2n) is 27.4. The van der Waals surface area contributed by atoms with Crippen molar-refractivity contribution >= 4 is 157 Å². The molecule has 18 rings (SSSR count). The molecule has 11 aromatic carbocycles. The van der Waals surface area contributed by atoms with Gasteiger partial charge in [0.15, 0.2) is 11.6 Å². The third-order valence-corrected chi connectivity index (χ3v) is 25.7. The number of allylic oxidation sites excluding steroid dienone is 3. The van der Waals surface area contributed by atoms with E-state index in [1.54, 1.807) is 89.1 Å². The molecule has 0 unspecified atom stereocenters. The van der Waals surface area contributed by atoms with Crippen LogP contribution in [0.25, 0.3) is 89.9 Å². The van der Waals surface area contributed by atoms with Crippen molar-refractivity contribution in [3.8, 4) is 65.4 Å². The fraction of sp³-hybridized carbons (Fsp3) is 0.0505. The summed E-state index contributed by atoms with van der Waals surface area (Å²) >= 11 is 8.20. The van der Waals surface area contributed by atoms with Gasteiger partial charge in [-0.3, -0.25) is 9.59 Å². The van der Waals surface area contributed by atoms with Gasteiger partial charge in [-0.25, -0.2) is 20.2 Å². The topological polar surface area (TPSA) is 119 Å². The van der Waals surface area contributed by atoms with Crippen molar-refractivity contribution in [3.05, 3.63) is 392 Å². The quantitative estimate of drug-likeness (QED) is 0.0380. The van der Waals surface area contributed by atoms with Gasteiger partial charge in [0.2, 0.25) is 0 Å². The van der Waals surface area contributed by atoms with Crippen molar-refractivity contribution in [3.63, 3.8) is 0 Å². The number of rotatable bonds is 17. The maximum atomic E-state index is 13.2. The van der Waals surface area contributed by atoms with E-state index < -0.39 is 0 Å². The second-order valence-corrected chi connectivity index (χ2v) is 32.9. The Hall–Kier alpha value is -14.0. The van der Waals surface area contributed by atoms with E-state index in [4.69, 9.17) is 33.1 Å². The molecule has 11 nitrogen and oxygen atoms in total. The number of Topliss-reactive ketones (excluding diaryl/α,β-unsaturated/α-hetero) is 2. The number of benzene rings is 11. The maximum absolute atomic E-state index is 13.2. The van der Waals surface area contributed by atoms with Gasteiger partial charge in [0.1, 0.15) is 16.5 Å². The highest BCUT2D eigenvalue weighted by molar-refractivity contribution is 7.30. The van der Waals surface area contributed by atoms with Gasteiger partial charge >= 0.3 is 0 Å². The third-order valence-electron chi connectivity index (χ3n) is 20.0. The monoisotopic (exact) mass is 1580 g/mol. The minimum Gasteiger partial charge on any atom is -0.497 e. The van der Waals surface area contributed by atoms with Crippen LogP contribution >= 0.6 is 56.7 Å². The molecule has 0 fully saturated rings. The lowest BCUT2D eigenvalue weighted by atomic mass is 9.81. The minimum absolute atomic E-state index is 0.0914. The van der Waals surface area contributed by atoms with Crippen LogP contribution in [0, 0.1) is 35.8 Å². The van der Waals surface area contributed by atoms with Crippen molar-refractivity contribution in [2.45, 2.75) is 19.3 Å². The lowest BCUT2D eigenvalue weighted by molar-refractivity contribution is 0.0990. The van der Waals surface area contributed by atoms with E-state index in [9.17, 15) is 9.59 Å². The van der Waals surface area contributed by atoms with Crippen molar-refractivity contribution in [1.29, 1.82) is 10.5 Å². The molecule has 0 saturated heterocycles. The van der Waals surface area contributed by atoms with Crippen LogP contribution in [0.15, 0.2) is 332 Å². The van der Waals surface area contributed by atoms with Crippen LogP contribution in [0.2, 0.25) is 0 Å². The zero-order valence-electron chi connectivity index (χ0n) is 62.6. The molecule has 5 aromatic heterocycles. The number of nitrogens with zero attached hydrogens (tertiary/aromatic N) is 7. The van der Waals surface area contributed by atoms with Gasteiger partial charge < -0.3 is 24.2 Å². The number of para-hydroxylation sites is 4. The molecule has 0 amide bonds. The van der Waals surface area contributed by atoms with Gasteiger partial charge in [0.25, 0.3) is 11.4 Å². The largest absolute Gasteiger partial charge is 0.497 e. The van der Waals surface area contributed by atoms with Crippen LogP contribution in [0.5, 0.6) is 11.5 Å². The molecule has 0 N–H and O–H groups in total. The zero-order valence-corrected chi connectivity index (χ0v) is 66.6. The van der Waals surface area contributed by atoms with Crippen LogP contribution in [0.3, 0.4) is 0 Å². The first-order valence-electron chi connectivity index (χ1n) is 36.7. The highest BCUT2D eigenvalue weighted by atomic mass is 32.1. The Kier molecular flexibility index (Phi) is 21.6. The number of thiophene rings is 5. The van der Waals surface area contributed by atoms with E-state index in [-0.39, 0.29) is 33.9 Å². The standard InChI is InChI=1S/C35H25N3S.C32H23N3O2S2.C32H19NO2S2/c1-35(2)32-20-24(34-19-16-29(39-34)21-25(23-36)37-3)14-17-30(32)31-18-15-28(22-33(31)35)38(26-10-6-4-7-11-26)27-12-8-5-9-13-27;1-34-23(21-33)20-29-16-17-31(38-29)32-19-18-30(39-32)22-4-6-24(7-5-22)35(25-8-12-27(36-2)13-9-25)26-10-14-28(37-3)15-11-26;34-31-25-15-20-9-7-8-10-21(20)16-26(25)32(35)27(31)17-24-18-28-29(36-24)19-30(37-28)33(22-11-3-1-4-12-22)23-13-5-2-6-14-23/h4-22H,1-2H3;4-20H,2-3H3;1-19H/b25-21-;23-20-;. The van der Waals surface area contributed by atoms with E-state index in [1.165, 1.54) is 27.1 Å². The molecule has 0 aliphatic heterocycles. The fourth-order valence-electron chi connectivity index (χ4n) is 14.4. The Labute approximate surface area is 687 Å². The Balaban J connectivity index is 0.000000130. The number of hydrogen-bond acceptors (Lipinski definition) is 14. The van der Waals surface area contributed by atoms with E-state index in [1.807, 2.05) is 164 Å². The predicted molar refractivity (Wildman–Crippen MR) is 478 cm³/mol. The molecule has 115 heavy (non-hydrogen) atoms. The second kappa shape index (κ2) is 33.1. The van der Waals surface area contributed by atoms with Crippen LogP contribution in [-0.4, -0.2) is 25.8 Å². The third kappa shape index (κ3) is 15.6. The Bertz CT molecular complexity index is 6380. The number of carbonyl (C=O) groups excluding carboxylic acids is 2. The molecular formula is C99H67N7O4S5. The summed E-state index contributed by atoms with van der Waals surface area (Å²) in [6, 6.07) is 112. The molecular weight excluding hydrogens is 1510 g/mol. The summed E-state index contributed by atoms with van der Waals surface area (Å²) in [5.74, 6) is 1.23. The van der Waals surface area contributed by atoms with Gasteiger partial charge in [0.05, 0.1) is 45.1 Å². The van der Waals surface area contributed by atoms with Crippen molar-refractivity contribution in [1.82, 2.24) is 0 Å². The molecule has 0 radical (unpaired) electrons. The normalized spacial score (nSPS) is 12.3. The molecule has 16 aromatic rings. The number of hydrogen-bond donors (Lipinski definition) is 0. The molecule has 0 atom stereocenters. The highest BCUT2D eigenvalue weighted by Crippen LogP contribution is 2.53. The van der Waals surface area contributed by atoms with Crippen LogP contribution < -0.4 is 24.2 Å². The van der Waals surface area contributed by atoms with Crippen LogP contribution in [-0.2, 0) is 5.41 Å². The smallest absolute Gasteiger partial charge is 0.263 e. The van der Waals surface area contributed by atoms with Gasteiger partial charge in [-0.1, -0.05) is 141 Å². The number of anilines is 9. The van der Waals surface area contributed by atoms with Crippen LogP contribution in [0.4, 0.5) is 50.5 Å². The summed E-state index contributed by atoms with van der Waals surface area (Å²) in [5, 5.41) is 21.2. The first-order chi connectivity index (χ1) is 56.3. The fourth-order valence-corrected chi connectivity index (χ4v) is 19.8. The molecule has 0 saturated carbocycles. The van der Waals surface area contributed by atoms with Crippen LogP contribution in [0.1, 0.15) is 60.3 Å². The van der Waals surface area contributed by atoms with Gasteiger partial charge in [-0.05, 0) is 250 Å². The number of ketones is 2. The van der Waals surface area contributed by atoms with Gasteiger partial charge in [-0.2, -0.15) is 0 Å². The van der Waals surface area contributed by atoms with E-state index in [2.05, 4.69) is 202 Å². The predicted octanol–water partition coefficient (Wildman–Crippen LogP) is 28.4.